The van der Waals surface area contributed by atoms with Crippen LogP contribution in [0.1, 0.15) is 12.0 Å². The third-order valence-electron chi connectivity index (χ3n) is 2.13. The minimum atomic E-state index is -3.98. The van der Waals surface area contributed by atoms with Crippen molar-refractivity contribution in [2.75, 3.05) is 6.61 Å². The molecule has 0 aliphatic heterocycles. The van der Waals surface area contributed by atoms with Gasteiger partial charge in [0.25, 0.3) is 10.1 Å². The molecule has 0 saturated heterocycles. The van der Waals surface area contributed by atoms with Gasteiger partial charge in [0.15, 0.2) is 0 Å². The molecule has 0 aliphatic carbocycles. The van der Waals surface area contributed by atoms with Gasteiger partial charge in [-0.05, 0) is 19.1 Å². The van der Waals surface area contributed by atoms with Crippen LogP contribution in [0.3, 0.4) is 0 Å². The maximum Gasteiger partial charge on any atom is 0.297 e. The Morgan fingerprint density at radius 1 is 1.39 bits per heavy atom. The lowest BCUT2D eigenvalue weighted by Gasteiger charge is -2.11. The van der Waals surface area contributed by atoms with Gasteiger partial charge in [0, 0.05) is 12.4 Å². The van der Waals surface area contributed by atoms with E-state index in [1.54, 1.807) is 19.1 Å². The quantitative estimate of drug-likeness (QED) is 0.681. The Morgan fingerprint density at radius 3 is 2.44 bits per heavy atom. The molecule has 1 N–H and O–H groups in total. The van der Waals surface area contributed by atoms with Crippen LogP contribution in [0.15, 0.2) is 29.2 Å². The summed E-state index contributed by atoms with van der Waals surface area (Å²) in [7, 11) is -3.98. The molecule has 0 saturated carbocycles. The number of rotatable bonds is 6. The first kappa shape index (κ1) is 14.6. The number of aliphatic carboxylic acids is 1. The summed E-state index contributed by atoms with van der Waals surface area (Å²) >= 11 is 0. The van der Waals surface area contributed by atoms with Crippen LogP contribution in [0.25, 0.3) is 0 Å². The number of carboxylic acids is 1. The van der Waals surface area contributed by atoms with Gasteiger partial charge in [-0.25, -0.2) is 0 Å². The first-order valence-corrected chi connectivity index (χ1v) is 6.56. The molecule has 0 bridgehead atoms. The van der Waals surface area contributed by atoms with Crippen LogP contribution in [-0.4, -0.2) is 32.2 Å². The van der Waals surface area contributed by atoms with Gasteiger partial charge >= 0.3 is 0 Å². The van der Waals surface area contributed by atoms with E-state index in [1.807, 2.05) is 0 Å². The number of carbonyl (C=O) groups excluding carboxylic acids is 1. The van der Waals surface area contributed by atoms with Gasteiger partial charge in [0.1, 0.15) is 0 Å². The Labute approximate surface area is 105 Å². The molecule has 1 rings (SSSR count). The standard InChI is InChI=1S/C11H14O6S/c1-8-2-4-10(5-3-8)18(15,16)17-7-9(12)6-11(13)14/h2-5,9,12H,6-7H2,1H3,(H,13,14)/p-1/t9-/m0/s1. The van der Waals surface area contributed by atoms with E-state index in [9.17, 15) is 18.3 Å². The van der Waals surface area contributed by atoms with Crippen LogP contribution < -0.4 is 5.11 Å². The average molecular weight is 273 g/mol. The molecule has 1 aromatic carbocycles. The highest BCUT2D eigenvalue weighted by Gasteiger charge is 2.17. The average Bonchev–Trinajstić information content (AvgIpc) is 2.26. The van der Waals surface area contributed by atoms with Crippen molar-refractivity contribution >= 4 is 16.1 Å². The van der Waals surface area contributed by atoms with Crippen molar-refractivity contribution in [3.05, 3.63) is 29.8 Å². The van der Waals surface area contributed by atoms with Gasteiger partial charge in [-0.15, -0.1) is 0 Å². The lowest BCUT2D eigenvalue weighted by Crippen LogP contribution is -2.30. The van der Waals surface area contributed by atoms with Crippen molar-refractivity contribution in [3.8, 4) is 0 Å². The van der Waals surface area contributed by atoms with Crippen molar-refractivity contribution in [1.29, 1.82) is 0 Å². The highest BCUT2D eigenvalue weighted by Crippen LogP contribution is 2.13. The first-order chi connectivity index (χ1) is 8.31. The summed E-state index contributed by atoms with van der Waals surface area (Å²) in [5.41, 5.74) is 0.894. The minimum absolute atomic E-state index is 0.0475. The number of benzene rings is 1. The van der Waals surface area contributed by atoms with Crippen molar-refractivity contribution < 1.29 is 27.6 Å². The number of carbonyl (C=O) groups is 1. The molecule has 0 amide bonds. The van der Waals surface area contributed by atoms with Crippen LogP contribution in [0.4, 0.5) is 0 Å². The zero-order valence-corrected chi connectivity index (χ0v) is 10.5. The first-order valence-electron chi connectivity index (χ1n) is 5.15. The van der Waals surface area contributed by atoms with Gasteiger partial charge in [0.05, 0.1) is 17.6 Å². The lowest BCUT2D eigenvalue weighted by atomic mass is 10.2. The molecule has 18 heavy (non-hydrogen) atoms. The number of carboxylic acid groups (broad SMARTS) is 1. The summed E-state index contributed by atoms with van der Waals surface area (Å²) in [6, 6.07) is 5.95. The van der Waals surface area contributed by atoms with Gasteiger partial charge < -0.3 is 15.0 Å². The Hall–Kier alpha value is -1.44. The number of aliphatic hydroxyl groups is 1. The molecule has 6 nitrogen and oxygen atoms in total. The van der Waals surface area contributed by atoms with Crippen LogP contribution in [-0.2, 0) is 19.1 Å². The molecule has 7 heteroatoms. The number of hydrogen-bond donors (Lipinski definition) is 1. The van der Waals surface area contributed by atoms with E-state index in [0.29, 0.717) is 0 Å². The van der Waals surface area contributed by atoms with Crippen molar-refractivity contribution in [1.82, 2.24) is 0 Å². The number of aliphatic hydroxyl groups excluding tert-OH is 1. The molecule has 0 heterocycles. The Bertz CT molecular complexity index is 505. The zero-order valence-electron chi connectivity index (χ0n) is 9.70. The van der Waals surface area contributed by atoms with Crippen LogP contribution in [0.5, 0.6) is 0 Å². The second-order valence-electron chi connectivity index (χ2n) is 3.78. The van der Waals surface area contributed by atoms with E-state index < -0.39 is 35.2 Å². The van der Waals surface area contributed by atoms with E-state index in [0.717, 1.165) is 5.56 Å². The Morgan fingerprint density at radius 2 is 1.94 bits per heavy atom. The maximum atomic E-state index is 11.6. The zero-order chi connectivity index (χ0) is 13.8. The van der Waals surface area contributed by atoms with Crippen molar-refractivity contribution in [3.63, 3.8) is 0 Å². The lowest BCUT2D eigenvalue weighted by molar-refractivity contribution is -0.307. The molecule has 1 aromatic rings. The van der Waals surface area contributed by atoms with Gasteiger partial charge in [0.2, 0.25) is 0 Å². The van der Waals surface area contributed by atoms with Gasteiger partial charge in [-0.3, -0.25) is 4.18 Å². The van der Waals surface area contributed by atoms with E-state index in [2.05, 4.69) is 4.18 Å². The highest BCUT2D eigenvalue weighted by atomic mass is 32.2. The fourth-order valence-electron chi connectivity index (χ4n) is 1.19. The van der Waals surface area contributed by atoms with Crippen molar-refractivity contribution in [2.45, 2.75) is 24.3 Å². The van der Waals surface area contributed by atoms with E-state index >= 15 is 0 Å². The highest BCUT2D eigenvalue weighted by molar-refractivity contribution is 7.86. The largest absolute Gasteiger partial charge is 0.550 e. The predicted octanol–water partition coefficient (Wildman–Crippen LogP) is -0.799. The number of hydrogen-bond acceptors (Lipinski definition) is 6. The third kappa shape index (κ3) is 4.44. The summed E-state index contributed by atoms with van der Waals surface area (Å²) in [6.07, 6.45) is -2.10. The second kappa shape index (κ2) is 5.94. The summed E-state index contributed by atoms with van der Waals surface area (Å²) in [5, 5.41) is 19.3. The number of aryl methyl sites for hydroxylation is 1. The minimum Gasteiger partial charge on any atom is -0.550 e. The molecule has 0 unspecified atom stereocenters. The molecule has 1 atom stereocenters. The molecular weight excluding hydrogens is 260 g/mol. The maximum absolute atomic E-state index is 11.6. The third-order valence-corrected chi connectivity index (χ3v) is 3.42. The van der Waals surface area contributed by atoms with Crippen LogP contribution in [0.2, 0.25) is 0 Å². The molecular formula is C11H13O6S-. The summed E-state index contributed by atoms with van der Waals surface area (Å²) in [5.74, 6) is -1.47. The van der Waals surface area contributed by atoms with E-state index in [-0.39, 0.29) is 4.90 Å². The fraction of sp³-hybridized carbons (Fsp3) is 0.364. The van der Waals surface area contributed by atoms with Gasteiger partial charge in [-0.1, -0.05) is 17.7 Å². The summed E-state index contributed by atoms with van der Waals surface area (Å²) in [4.78, 5) is 10.1. The fourth-order valence-corrected chi connectivity index (χ4v) is 2.13. The predicted molar refractivity (Wildman–Crippen MR) is 59.9 cm³/mol. The van der Waals surface area contributed by atoms with E-state index in [1.165, 1.54) is 12.1 Å². The van der Waals surface area contributed by atoms with E-state index in [4.69, 9.17) is 5.11 Å². The Balaban J connectivity index is 2.65. The monoisotopic (exact) mass is 273 g/mol. The molecule has 100 valence electrons. The second-order valence-corrected chi connectivity index (χ2v) is 5.40. The molecule has 0 fully saturated rings. The molecule has 0 radical (unpaired) electrons. The normalized spacial score (nSPS) is 13.2. The van der Waals surface area contributed by atoms with Crippen LogP contribution >= 0.6 is 0 Å². The molecule has 0 aromatic heterocycles. The van der Waals surface area contributed by atoms with Crippen molar-refractivity contribution in [2.24, 2.45) is 0 Å². The topological polar surface area (TPSA) is 104 Å². The smallest absolute Gasteiger partial charge is 0.297 e. The molecule has 0 aliphatic rings. The Kier molecular flexibility index (Phi) is 4.83. The van der Waals surface area contributed by atoms with Crippen LogP contribution in [0, 0.1) is 6.92 Å². The van der Waals surface area contributed by atoms with Gasteiger partial charge in [-0.2, -0.15) is 8.42 Å². The molecule has 0 spiro atoms. The SMILES string of the molecule is Cc1ccc(S(=O)(=O)OC[C@@H](O)CC(=O)[O-])cc1. The summed E-state index contributed by atoms with van der Waals surface area (Å²) in [6.45, 7) is 1.19. The summed E-state index contributed by atoms with van der Waals surface area (Å²) < 4.78 is 27.8.